The SMILES string of the molecule is Cc1cn(CC(=O)OC(C)(C)C)nc1-c1ccncc1. The zero-order chi connectivity index (χ0) is 14.8. The van der Waals surface area contributed by atoms with Gasteiger partial charge in [-0.1, -0.05) is 0 Å². The lowest BCUT2D eigenvalue weighted by Gasteiger charge is -2.19. The molecule has 0 saturated heterocycles. The van der Waals surface area contributed by atoms with E-state index in [1.165, 1.54) is 0 Å². The Morgan fingerprint density at radius 3 is 2.55 bits per heavy atom. The zero-order valence-electron chi connectivity index (χ0n) is 12.3. The van der Waals surface area contributed by atoms with Crippen LogP contribution >= 0.6 is 0 Å². The Labute approximate surface area is 118 Å². The molecule has 0 bridgehead atoms. The minimum Gasteiger partial charge on any atom is -0.459 e. The van der Waals surface area contributed by atoms with Gasteiger partial charge in [-0.3, -0.25) is 14.5 Å². The quantitative estimate of drug-likeness (QED) is 0.807. The molecule has 5 nitrogen and oxygen atoms in total. The number of esters is 1. The number of pyridine rings is 1. The van der Waals surface area contributed by atoms with Crippen LogP contribution in [0.4, 0.5) is 0 Å². The topological polar surface area (TPSA) is 57.0 Å². The normalized spacial score (nSPS) is 11.4. The molecule has 5 heteroatoms. The molecule has 20 heavy (non-hydrogen) atoms. The van der Waals surface area contributed by atoms with Gasteiger partial charge in [-0.2, -0.15) is 5.10 Å². The molecular formula is C15H19N3O2. The van der Waals surface area contributed by atoms with Crippen LogP contribution in [-0.2, 0) is 16.1 Å². The summed E-state index contributed by atoms with van der Waals surface area (Å²) in [7, 11) is 0. The van der Waals surface area contributed by atoms with Crippen molar-refractivity contribution in [1.29, 1.82) is 0 Å². The molecule has 0 aliphatic rings. The van der Waals surface area contributed by atoms with Gasteiger partial charge in [0.15, 0.2) is 0 Å². The molecule has 0 saturated carbocycles. The number of ether oxygens (including phenoxy) is 1. The van der Waals surface area contributed by atoms with Crippen LogP contribution < -0.4 is 0 Å². The largest absolute Gasteiger partial charge is 0.459 e. The van der Waals surface area contributed by atoms with Crippen molar-refractivity contribution in [2.45, 2.75) is 39.8 Å². The molecule has 0 atom stereocenters. The van der Waals surface area contributed by atoms with E-state index in [0.29, 0.717) is 0 Å². The van der Waals surface area contributed by atoms with Crippen LogP contribution in [0.1, 0.15) is 26.3 Å². The van der Waals surface area contributed by atoms with Gasteiger partial charge in [0, 0.05) is 24.2 Å². The molecule has 2 aromatic heterocycles. The van der Waals surface area contributed by atoms with Gasteiger partial charge in [0.2, 0.25) is 0 Å². The standard InChI is InChI=1S/C15H19N3O2/c1-11-9-18(10-13(19)20-15(2,3)4)17-14(11)12-5-7-16-8-6-12/h5-9H,10H2,1-4H3. The Morgan fingerprint density at radius 2 is 1.95 bits per heavy atom. The molecule has 0 aliphatic heterocycles. The summed E-state index contributed by atoms with van der Waals surface area (Å²) in [6, 6.07) is 3.79. The summed E-state index contributed by atoms with van der Waals surface area (Å²) in [6.45, 7) is 7.63. The summed E-state index contributed by atoms with van der Waals surface area (Å²) in [5.41, 5.74) is 2.38. The van der Waals surface area contributed by atoms with E-state index in [1.807, 2.05) is 46.0 Å². The Hall–Kier alpha value is -2.17. The van der Waals surface area contributed by atoms with Gasteiger partial charge < -0.3 is 4.74 Å². The Kier molecular flexibility index (Phi) is 3.88. The van der Waals surface area contributed by atoms with Crippen LogP contribution in [0.3, 0.4) is 0 Å². The van der Waals surface area contributed by atoms with Gasteiger partial charge >= 0.3 is 5.97 Å². The van der Waals surface area contributed by atoms with E-state index in [9.17, 15) is 4.79 Å². The molecule has 106 valence electrons. The molecule has 0 N–H and O–H groups in total. The highest BCUT2D eigenvalue weighted by atomic mass is 16.6. The van der Waals surface area contributed by atoms with E-state index in [0.717, 1.165) is 16.8 Å². The molecule has 0 radical (unpaired) electrons. The number of rotatable bonds is 3. The average Bonchev–Trinajstić information content (AvgIpc) is 2.68. The van der Waals surface area contributed by atoms with Gasteiger partial charge in [-0.05, 0) is 45.4 Å². The van der Waals surface area contributed by atoms with Gasteiger partial charge in [0.1, 0.15) is 12.1 Å². The maximum atomic E-state index is 11.8. The van der Waals surface area contributed by atoms with Crippen LogP contribution in [0.15, 0.2) is 30.7 Å². The van der Waals surface area contributed by atoms with Crippen molar-refractivity contribution in [3.63, 3.8) is 0 Å². The van der Waals surface area contributed by atoms with Gasteiger partial charge in [-0.15, -0.1) is 0 Å². The Balaban J connectivity index is 2.14. The second-order valence-corrected chi connectivity index (χ2v) is 5.68. The monoisotopic (exact) mass is 273 g/mol. The van der Waals surface area contributed by atoms with Crippen LogP contribution in [0.25, 0.3) is 11.3 Å². The smallest absolute Gasteiger partial charge is 0.328 e. The molecule has 2 aromatic rings. The predicted octanol–water partition coefficient (Wildman–Crippen LogP) is 2.60. The van der Waals surface area contributed by atoms with Crippen LogP contribution in [0.5, 0.6) is 0 Å². The summed E-state index contributed by atoms with van der Waals surface area (Å²) < 4.78 is 6.90. The van der Waals surface area contributed by atoms with Crippen molar-refractivity contribution < 1.29 is 9.53 Å². The maximum Gasteiger partial charge on any atom is 0.328 e. The zero-order valence-corrected chi connectivity index (χ0v) is 12.3. The fourth-order valence-corrected chi connectivity index (χ4v) is 1.90. The molecule has 0 aromatic carbocycles. The minimum absolute atomic E-state index is 0.114. The van der Waals surface area contributed by atoms with Crippen LogP contribution in [0, 0.1) is 6.92 Å². The van der Waals surface area contributed by atoms with Gasteiger partial charge in [-0.25, -0.2) is 0 Å². The number of aryl methyl sites for hydroxylation is 1. The highest BCUT2D eigenvalue weighted by molar-refractivity contribution is 5.70. The summed E-state index contributed by atoms with van der Waals surface area (Å²) >= 11 is 0. The van der Waals surface area contributed by atoms with Crippen molar-refractivity contribution in [2.75, 3.05) is 0 Å². The number of carbonyl (C=O) groups excluding carboxylic acids is 1. The summed E-state index contributed by atoms with van der Waals surface area (Å²) in [4.78, 5) is 15.8. The number of aromatic nitrogens is 3. The molecule has 2 rings (SSSR count). The lowest BCUT2D eigenvalue weighted by molar-refractivity contribution is -0.155. The summed E-state index contributed by atoms with van der Waals surface area (Å²) in [5, 5.41) is 4.44. The second-order valence-electron chi connectivity index (χ2n) is 5.68. The molecule has 0 aliphatic carbocycles. The Bertz CT molecular complexity index is 597. The van der Waals surface area contributed by atoms with Gasteiger partial charge in [0.05, 0.1) is 5.69 Å². The van der Waals surface area contributed by atoms with E-state index in [4.69, 9.17) is 4.74 Å². The van der Waals surface area contributed by atoms with Crippen LogP contribution in [0.2, 0.25) is 0 Å². The number of carbonyl (C=O) groups is 1. The van der Waals surface area contributed by atoms with Crippen LogP contribution in [-0.4, -0.2) is 26.3 Å². The lowest BCUT2D eigenvalue weighted by Crippen LogP contribution is -2.26. The molecule has 0 spiro atoms. The molecule has 0 unspecified atom stereocenters. The fourth-order valence-electron chi connectivity index (χ4n) is 1.90. The first-order valence-electron chi connectivity index (χ1n) is 6.51. The summed E-state index contributed by atoms with van der Waals surface area (Å²) in [5.74, 6) is -0.290. The van der Waals surface area contributed by atoms with E-state index in [2.05, 4.69) is 10.1 Å². The highest BCUT2D eigenvalue weighted by Gasteiger charge is 2.17. The molecular weight excluding hydrogens is 254 g/mol. The summed E-state index contributed by atoms with van der Waals surface area (Å²) in [6.07, 6.45) is 5.29. The number of nitrogens with zero attached hydrogens (tertiary/aromatic N) is 3. The molecule has 0 fully saturated rings. The van der Waals surface area contributed by atoms with Crippen molar-refractivity contribution in [1.82, 2.24) is 14.8 Å². The lowest BCUT2D eigenvalue weighted by atomic mass is 10.1. The minimum atomic E-state index is -0.479. The van der Waals surface area contributed by atoms with Crippen molar-refractivity contribution in [2.24, 2.45) is 0 Å². The number of hydrogen-bond donors (Lipinski definition) is 0. The third kappa shape index (κ3) is 3.66. The maximum absolute atomic E-state index is 11.8. The van der Waals surface area contributed by atoms with Crippen molar-refractivity contribution in [3.8, 4) is 11.3 Å². The predicted molar refractivity (Wildman–Crippen MR) is 76.0 cm³/mol. The Morgan fingerprint density at radius 1 is 1.30 bits per heavy atom. The second kappa shape index (κ2) is 5.45. The molecule has 2 heterocycles. The fraction of sp³-hybridized carbons (Fsp3) is 0.400. The van der Waals surface area contributed by atoms with E-state index in [-0.39, 0.29) is 12.5 Å². The highest BCUT2D eigenvalue weighted by Crippen LogP contribution is 2.20. The van der Waals surface area contributed by atoms with Crippen molar-refractivity contribution >= 4 is 5.97 Å². The molecule has 0 amide bonds. The average molecular weight is 273 g/mol. The van der Waals surface area contributed by atoms with E-state index < -0.39 is 5.60 Å². The van der Waals surface area contributed by atoms with Crippen molar-refractivity contribution in [3.05, 3.63) is 36.3 Å². The van der Waals surface area contributed by atoms with E-state index >= 15 is 0 Å². The van der Waals surface area contributed by atoms with E-state index in [1.54, 1.807) is 17.1 Å². The first kappa shape index (κ1) is 14.2. The first-order chi connectivity index (χ1) is 9.35. The third-order valence-corrected chi connectivity index (χ3v) is 2.61. The first-order valence-corrected chi connectivity index (χ1v) is 6.51. The van der Waals surface area contributed by atoms with Gasteiger partial charge in [0.25, 0.3) is 0 Å². The third-order valence-electron chi connectivity index (χ3n) is 2.61. The number of hydrogen-bond acceptors (Lipinski definition) is 4.